The number of hydrogen-bond acceptors (Lipinski definition) is 2. The summed E-state index contributed by atoms with van der Waals surface area (Å²) in [5.41, 5.74) is 2.23. The van der Waals surface area contributed by atoms with Crippen molar-refractivity contribution in [2.45, 2.75) is 6.92 Å². The first-order valence-corrected chi connectivity index (χ1v) is 5.47. The van der Waals surface area contributed by atoms with Gasteiger partial charge in [0.25, 0.3) is 0 Å². The summed E-state index contributed by atoms with van der Waals surface area (Å²) >= 11 is 7.54. The molecule has 2 aromatic rings. The van der Waals surface area contributed by atoms with E-state index in [9.17, 15) is 5.11 Å². The molecule has 0 spiro atoms. The van der Waals surface area contributed by atoms with Gasteiger partial charge in [-0.25, -0.2) is 0 Å². The van der Waals surface area contributed by atoms with E-state index < -0.39 is 0 Å². The molecule has 0 fully saturated rings. The van der Waals surface area contributed by atoms with E-state index >= 15 is 0 Å². The Balaban J connectivity index is 2.53. The Labute approximate surface area is 91.6 Å². The Morgan fingerprint density at radius 3 is 2.64 bits per heavy atom. The van der Waals surface area contributed by atoms with E-state index in [1.54, 1.807) is 23.5 Å². The zero-order valence-corrected chi connectivity index (χ0v) is 9.19. The van der Waals surface area contributed by atoms with Gasteiger partial charge in [-0.15, -0.1) is 11.3 Å². The summed E-state index contributed by atoms with van der Waals surface area (Å²) in [5.74, 6) is 0.128. The number of aromatic hydroxyl groups is 1. The molecule has 1 nitrogen and oxygen atoms in total. The van der Waals surface area contributed by atoms with Crippen LogP contribution in [0.15, 0.2) is 29.6 Å². The van der Waals surface area contributed by atoms with Crippen LogP contribution in [0.2, 0.25) is 5.02 Å². The fraction of sp³-hybridized carbons (Fsp3) is 0.0909. The lowest BCUT2D eigenvalue weighted by Gasteiger charge is -2.02. The van der Waals surface area contributed by atoms with Crippen molar-refractivity contribution < 1.29 is 5.11 Å². The zero-order valence-electron chi connectivity index (χ0n) is 7.62. The van der Waals surface area contributed by atoms with Crippen LogP contribution < -0.4 is 0 Å². The first-order chi connectivity index (χ1) is 6.68. The van der Waals surface area contributed by atoms with E-state index in [0.29, 0.717) is 5.02 Å². The van der Waals surface area contributed by atoms with Gasteiger partial charge in [-0.1, -0.05) is 17.7 Å². The Morgan fingerprint density at radius 2 is 2.07 bits per heavy atom. The summed E-state index contributed by atoms with van der Waals surface area (Å²) in [5, 5.41) is 11.7. The smallest absolute Gasteiger partial charge is 0.134 e. The molecule has 1 N–H and O–H groups in total. The number of thiophene rings is 1. The second-order valence-corrected chi connectivity index (χ2v) is 4.58. The van der Waals surface area contributed by atoms with Crippen LogP contribution in [0.25, 0.3) is 11.1 Å². The zero-order chi connectivity index (χ0) is 10.1. The van der Waals surface area contributed by atoms with Gasteiger partial charge < -0.3 is 5.11 Å². The fourth-order valence-corrected chi connectivity index (χ4v) is 2.26. The maximum Gasteiger partial charge on any atom is 0.134 e. The molecule has 0 unspecified atom stereocenters. The molecule has 1 aromatic heterocycles. The molecule has 0 radical (unpaired) electrons. The normalized spacial score (nSPS) is 10.4. The van der Waals surface area contributed by atoms with Crippen LogP contribution in [-0.4, -0.2) is 5.11 Å². The van der Waals surface area contributed by atoms with E-state index in [4.69, 9.17) is 11.6 Å². The maximum atomic E-state index is 9.28. The first kappa shape index (κ1) is 9.56. The third-order valence-electron chi connectivity index (χ3n) is 2.12. The number of phenolic OH excluding ortho intramolecular Hbond substituents is 1. The van der Waals surface area contributed by atoms with Gasteiger partial charge in [0.2, 0.25) is 0 Å². The Kier molecular flexibility index (Phi) is 2.48. The van der Waals surface area contributed by atoms with E-state index in [1.165, 1.54) is 10.4 Å². The summed E-state index contributed by atoms with van der Waals surface area (Å²) < 4.78 is 0. The van der Waals surface area contributed by atoms with Crippen molar-refractivity contribution in [3.8, 4) is 16.9 Å². The molecule has 0 aliphatic heterocycles. The highest BCUT2D eigenvalue weighted by Gasteiger charge is 2.05. The molecule has 0 saturated carbocycles. The molecular formula is C11H9ClOS. The van der Waals surface area contributed by atoms with Gasteiger partial charge in [-0.2, -0.15) is 0 Å². The maximum absolute atomic E-state index is 9.28. The molecule has 3 heteroatoms. The largest absolute Gasteiger partial charge is 0.506 e. The molecular weight excluding hydrogens is 216 g/mol. The van der Waals surface area contributed by atoms with E-state index in [1.807, 2.05) is 11.4 Å². The van der Waals surface area contributed by atoms with Crippen molar-refractivity contribution in [3.63, 3.8) is 0 Å². The summed E-state index contributed by atoms with van der Waals surface area (Å²) in [6.45, 7) is 2.07. The second-order valence-electron chi connectivity index (χ2n) is 3.06. The van der Waals surface area contributed by atoms with Crippen LogP contribution in [0.3, 0.4) is 0 Å². The van der Waals surface area contributed by atoms with Crippen LogP contribution in [0.1, 0.15) is 4.88 Å². The van der Waals surface area contributed by atoms with Crippen LogP contribution in [0, 0.1) is 6.92 Å². The fourth-order valence-electron chi connectivity index (χ4n) is 1.36. The van der Waals surface area contributed by atoms with E-state index in [0.717, 1.165) is 5.56 Å². The Bertz CT molecular complexity index is 462. The minimum Gasteiger partial charge on any atom is -0.506 e. The molecule has 1 aromatic carbocycles. The monoisotopic (exact) mass is 224 g/mol. The molecule has 0 aliphatic carbocycles. The lowest BCUT2D eigenvalue weighted by molar-refractivity contribution is 0.475. The number of rotatable bonds is 1. The average Bonchev–Trinajstić information content (AvgIpc) is 2.57. The van der Waals surface area contributed by atoms with E-state index in [2.05, 4.69) is 13.0 Å². The van der Waals surface area contributed by atoms with Crippen LogP contribution >= 0.6 is 22.9 Å². The summed E-state index contributed by atoms with van der Waals surface area (Å²) in [4.78, 5) is 1.26. The highest BCUT2D eigenvalue weighted by Crippen LogP contribution is 2.32. The minimum atomic E-state index is 0.128. The van der Waals surface area contributed by atoms with Crippen molar-refractivity contribution >= 4 is 22.9 Å². The first-order valence-electron chi connectivity index (χ1n) is 4.21. The van der Waals surface area contributed by atoms with Gasteiger partial charge in [-0.05, 0) is 41.6 Å². The minimum absolute atomic E-state index is 0.128. The molecule has 0 aliphatic rings. The standard InChI is InChI=1S/C11H9ClOS/c1-7-9(4-5-14-7)8-2-3-11(13)10(12)6-8/h2-6,13H,1H3. The molecule has 1 heterocycles. The number of hydrogen-bond donors (Lipinski definition) is 1. The molecule has 0 atom stereocenters. The summed E-state index contributed by atoms with van der Waals surface area (Å²) in [6, 6.07) is 7.33. The average molecular weight is 225 g/mol. The lowest BCUT2D eigenvalue weighted by atomic mass is 10.1. The van der Waals surface area contributed by atoms with Gasteiger partial charge in [0, 0.05) is 4.88 Å². The Morgan fingerprint density at radius 1 is 1.29 bits per heavy atom. The quantitative estimate of drug-likeness (QED) is 0.774. The van der Waals surface area contributed by atoms with Crippen LogP contribution in [-0.2, 0) is 0 Å². The number of aryl methyl sites for hydroxylation is 1. The van der Waals surface area contributed by atoms with Gasteiger partial charge >= 0.3 is 0 Å². The van der Waals surface area contributed by atoms with Crippen LogP contribution in [0.4, 0.5) is 0 Å². The predicted molar refractivity (Wildman–Crippen MR) is 61.2 cm³/mol. The van der Waals surface area contributed by atoms with E-state index in [-0.39, 0.29) is 5.75 Å². The van der Waals surface area contributed by atoms with Crippen molar-refractivity contribution in [1.82, 2.24) is 0 Å². The highest BCUT2D eigenvalue weighted by molar-refractivity contribution is 7.10. The molecule has 0 saturated heterocycles. The van der Waals surface area contributed by atoms with Gasteiger partial charge in [0.05, 0.1) is 5.02 Å². The summed E-state index contributed by atoms with van der Waals surface area (Å²) in [6.07, 6.45) is 0. The Hall–Kier alpha value is -0.990. The highest BCUT2D eigenvalue weighted by atomic mass is 35.5. The van der Waals surface area contributed by atoms with Gasteiger partial charge in [0.15, 0.2) is 0 Å². The van der Waals surface area contributed by atoms with Crippen molar-refractivity contribution in [3.05, 3.63) is 39.5 Å². The third-order valence-corrected chi connectivity index (χ3v) is 3.27. The number of benzene rings is 1. The summed E-state index contributed by atoms with van der Waals surface area (Å²) in [7, 11) is 0. The molecule has 14 heavy (non-hydrogen) atoms. The van der Waals surface area contributed by atoms with Crippen molar-refractivity contribution in [2.24, 2.45) is 0 Å². The molecule has 0 amide bonds. The molecule has 72 valence electrons. The van der Waals surface area contributed by atoms with Crippen LogP contribution in [0.5, 0.6) is 5.75 Å². The number of halogens is 1. The van der Waals surface area contributed by atoms with Gasteiger partial charge in [-0.3, -0.25) is 0 Å². The van der Waals surface area contributed by atoms with Crippen molar-refractivity contribution in [2.75, 3.05) is 0 Å². The predicted octanol–water partition coefficient (Wildman–Crippen LogP) is 4.08. The topological polar surface area (TPSA) is 20.2 Å². The third kappa shape index (κ3) is 1.63. The lowest BCUT2D eigenvalue weighted by Crippen LogP contribution is -1.77. The molecule has 0 bridgehead atoms. The SMILES string of the molecule is Cc1sccc1-c1ccc(O)c(Cl)c1. The van der Waals surface area contributed by atoms with Crippen molar-refractivity contribution in [1.29, 1.82) is 0 Å². The molecule has 2 rings (SSSR count). The second kappa shape index (κ2) is 3.64. The van der Waals surface area contributed by atoms with Gasteiger partial charge in [0.1, 0.15) is 5.75 Å². The number of phenols is 1.